The van der Waals surface area contributed by atoms with E-state index in [1.807, 2.05) is 0 Å². The van der Waals surface area contributed by atoms with Gasteiger partial charge in [-0.3, -0.25) is 14.9 Å². The summed E-state index contributed by atoms with van der Waals surface area (Å²) in [5.41, 5.74) is 0.377. The average molecular weight is 399 g/mol. The van der Waals surface area contributed by atoms with Gasteiger partial charge in [0.25, 0.3) is 5.91 Å². The van der Waals surface area contributed by atoms with E-state index in [1.165, 1.54) is 6.33 Å². The standard InChI is InChI=1S/C18H14FN5O5/c19-15-6-5-14(7-16(15)24(27)28)22-17(25)9-29-18(26)13-3-1-12(2-4-13)8-23-11-20-10-21-23/h1-7,10-11H,8-9H2,(H,22,25). The molecular weight excluding hydrogens is 385 g/mol. The molecule has 0 aliphatic heterocycles. The monoisotopic (exact) mass is 399 g/mol. The van der Waals surface area contributed by atoms with Gasteiger partial charge in [0.1, 0.15) is 12.7 Å². The first-order chi connectivity index (χ1) is 13.9. The Labute approximate surface area is 163 Å². The minimum absolute atomic E-state index is 0.0108. The minimum atomic E-state index is -1.02. The smallest absolute Gasteiger partial charge is 0.338 e. The lowest BCUT2D eigenvalue weighted by Crippen LogP contribution is -2.21. The summed E-state index contributed by atoms with van der Waals surface area (Å²) in [7, 11) is 0. The van der Waals surface area contributed by atoms with Crippen molar-refractivity contribution in [3.05, 3.63) is 82.2 Å². The Balaban J connectivity index is 1.53. The number of nitrogens with one attached hydrogen (secondary N) is 1. The first-order valence-corrected chi connectivity index (χ1v) is 8.24. The summed E-state index contributed by atoms with van der Waals surface area (Å²) in [5, 5.41) is 17.0. The molecule has 0 bridgehead atoms. The third-order valence-corrected chi connectivity index (χ3v) is 3.76. The van der Waals surface area contributed by atoms with Crippen molar-refractivity contribution < 1.29 is 23.6 Å². The van der Waals surface area contributed by atoms with Gasteiger partial charge in [-0.25, -0.2) is 14.5 Å². The highest BCUT2D eigenvalue weighted by Crippen LogP contribution is 2.21. The lowest BCUT2D eigenvalue weighted by atomic mass is 10.1. The molecule has 0 spiro atoms. The summed E-state index contributed by atoms with van der Waals surface area (Å²) in [4.78, 5) is 37.6. The molecule has 0 fully saturated rings. The highest BCUT2D eigenvalue weighted by atomic mass is 19.1. The highest BCUT2D eigenvalue weighted by Gasteiger charge is 2.16. The number of hydrogen-bond acceptors (Lipinski definition) is 7. The fraction of sp³-hybridized carbons (Fsp3) is 0.111. The quantitative estimate of drug-likeness (QED) is 0.366. The maximum Gasteiger partial charge on any atom is 0.338 e. The van der Waals surface area contributed by atoms with E-state index in [9.17, 15) is 24.1 Å². The number of nitrogens with zero attached hydrogens (tertiary/aromatic N) is 4. The second kappa shape index (κ2) is 8.69. The van der Waals surface area contributed by atoms with Gasteiger partial charge in [-0.15, -0.1) is 0 Å². The molecule has 0 saturated heterocycles. The third kappa shape index (κ3) is 5.19. The fourth-order valence-corrected chi connectivity index (χ4v) is 2.39. The lowest BCUT2D eigenvalue weighted by molar-refractivity contribution is -0.387. The molecule has 3 rings (SSSR count). The number of carbonyl (C=O) groups is 2. The normalized spacial score (nSPS) is 10.4. The topological polar surface area (TPSA) is 129 Å². The number of benzene rings is 2. The number of aromatic nitrogens is 3. The number of carbonyl (C=O) groups excluding carboxylic acids is 2. The van der Waals surface area contributed by atoms with Crippen LogP contribution in [-0.2, 0) is 16.1 Å². The predicted octanol–water partition coefficient (Wildman–Crippen LogP) is 2.17. The van der Waals surface area contributed by atoms with E-state index < -0.39 is 34.9 Å². The summed E-state index contributed by atoms with van der Waals surface area (Å²) in [6.45, 7) is -0.119. The maximum atomic E-state index is 13.3. The van der Waals surface area contributed by atoms with E-state index in [4.69, 9.17) is 4.74 Å². The largest absolute Gasteiger partial charge is 0.452 e. The number of esters is 1. The fourth-order valence-electron chi connectivity index (χ4n) is 2.39. The van der Waals surface area contributed by atoms with Crippen molar-refractivity contribution in [1.29, 1.82) is 0 Å². The van der Waals surface area contributed by atoms with Crippen LogP contribution in [0.2, 0.25) is 0 Å². The molecule has 0 radical (unpaired) electrons. The first-order valence-electron chi connectivity index (χ1n) is 8.24. The zero-order chi connectivity index (χ0) is 20.8. The van der Waals surface area contributed by atoms with Crippen LogP contribution in [0.1, 0.15) is 15.9 Å². The number of nitro benzene ring substituents is 1. The molecule has 0 unspecified atom stereocenters. The van der Waals surface area contributed by atoms with Crippen molar-refractivity contribution in [3.8, 4) is 0 Å². The summed E-state index contributed by atoms with van der Waals surface area (Å²) in [5.74, 6) is -2.45. The zero-order valence-electron chi connectivity index (χ0n) is 14.8. The minimum Gasteiger partial charge on any atom is -0.452 e. The van der Waals surface area contributed by atoms with Crippen molar-refractivity contribution in [1.82, 2.24) is 14.8 Å². The van der Waals surface area contributed by atoms with Crippen LogP contribution in [0.25, 0.3) is 0 Å². The van der Waals surface area contributed by atoms with Gasteiger partial charge in [-0.2, -0.15) is 9.49 Å². The number of rotatable bonds is 7. The summed E-state index contributed by atoms with van der Waals surface area (Å²) < 4.78 is 19.8. The van der Waals surface area contributed by atoms with Crippen LogP contribution < -0.4 is 5.32 Å². The van der Waals surface area contributed by atoms with Gasteiger partial charge in [-0.1, -0.05) is 12.1 Å². The van der Waals surface area contributed by atoms with Crippen LogP contribution >= 0.6 is 0 Å². The summed E-state index contributed by atoms with van der Waals surface area (Å²) in [6.07, 6.45) is 2.98. The van der Waals surface area contributed by atoms with Crippen molar-refractivity contribution in [2.75, 3.05) is 11.9 Å². The van der Waals surface area contributed by atoms with Crippen molar-refractivity contribution in [2.24, 2.45) is 0 Å². The highest BCUT2D eigenvalue weighted by molar-refractivity contribution is 5.95. The number of hydrogen-bond donors (Lipinski definition) is 1. The van der Waals surface area contributed by atoms with Crippen molar-refractivity contribution in [3.63, 3.8) is 0 Å². The molecular formula is C18H14FN5O5. The van der Waals surface area contributed by atoms with E-state index in [1.54, 1.807) is 35.3 Å². The molecule has 0 saturated carbocycles. The Kier molecular flexibility index (Phi) is 5.88. The second-order valence-corrected chi connectivity index (χ2v) is 5.84. The van der Waals surface area contributed by atoms with Crippen LogP contribution in [0.15, 0.2) is 55.1 Å². The maximum absolute atomic E-state index is 13.3. The molecule has 29 heavy (non-hydrogen) atoms. The first kappa shape index (κ1) is 19.6. The number of nitro groups is 1. The Hall–Kier alpha value is -4.15. The second-order valence-electron chi connectivity index (χ2n) is 5.84. The van der Waals surface area contributed by atoms with Gasteiger partial charge in [-0.05, 0) is 29.8 Å². The van der Waals surface area contributed by atoms with Crippen LogP contribution in [0, 0.1) is 15.9 Å². The molecule has 3 aromatic rings. The van der Waals surface area contributed by atoms with Crippen LogP contribution in [0.3, 0.4) is 0 Å². The average Bonchev–Trinajstić information content (AvgIpc) is 3.21. The Morgan fingerprint density at radius 2 is 1.97 bits per heavy atom. The SMILES string of the molecule is O=C(COC(=O)c1ccc(Cn2cncn2)cc1)Nc1ccc(F)c([N+](=O)[O-])c1. The van der Waals surface area contributed by atoms with Gasteiger partial charge in [0.2, 0.25) is 5.82 Å². The molecule has 1 N–H and O–H groups in total. The van der Waals surface area contributed by atoms with E-state index in [0.29, 0.717) is 6.54 Å². The number of amides is 1. The molecule has 0 aliphatic rings. The molecule has 11 heteroatoms. The number of ether oxygens (including phenoxy) is 1. The van der Waals surface area contributed by atoms with Gasteiger partial charge in [0.05, 0.1) is 17.0 Å². The van der Waals surface area contributed by atoms with Gasteiger partial charge < -0.3 is 10.1 Å². The summed E-state index contributed by atoms with van der Waals surface area (Å²) in [6, 6.07) is 9.44. The molecule has 1 aromatic heterocycles. The number of anilines is 1. The molecule has 1 heterocycles. The van der Waals surface area contributed by atoms with Gasteiger partial charge in [0, 0.05) is 11.8 Å². The van der Waals surface area contributed by atoms with E-state index >= 15 is 0 Å². The molecule has 10 nitrogen and oxygen atoms in total. The van der Waals surface area contributed by atoms with Crippen molar-refractivity contribution in [2.45, 2.75) is 6.54 Å². The predicted molar refractivity (Wildman–Crippen MR) is 97.5 cm³/mol. The van der Waals surface area contributed by atoms with Crippen LogP contribution in [0.5, 0.6) is 0 Å². The molecule has 1 amide bonds. The number of halogens is 1. The Bertz CT molecular complexity index is 1040. The Morgan fingerprint density at radius 1 is 1.21 bits per heavy atom. The van der Waals surface area contributed by atoms with Gasteiger partial charge in [0.15, 0.2) is 6.61 Å². The zero-order valence-corrected chi connectivity index (χ0v) is 14.8. The van der Waals surface area contributed by atoms with Crippen LogP contribution in [0.4, 0.5) is 15.8 Å². The third-order valence-electron chi connectivity index (χ3n) is 3.76. The lowest BCUT2D eigenvalue weighted by Gasteiger charge is -2.07. The molecule has 148 valence electrons. The van der Waals surface area contributed by atoms with E-state index in [0.717, 1.165) is 23.8 Å². The van der Waals surface area contributed by atoms with E-state index in [-0.39, 0.29) is 11.3 Å². The van der Waals surface area contributed by atoms with Crippen molar-refractivity contribution >= 4 is 23.3 Å². The Morgan fingerprint density at radius 3 is 2.62 bits per heavy atom. The summed E-state index contributed by atoms with van der Waals surface area (Å²) >= 11 is 0. The molecule has 2 aromatic carbocycles. The van der Waals surface area contributed by atoms with Crippen LogP contribution in [-0.4, -0.2) is 38.2 Å². The van der Waals surface area contributed by atoms with E-state index in [2.05, 4.69) is 15.4 Å². The van der Waals surface area contributed by atoms with Gasteiger partial charge >= 0.3 is 11.7 Å². The molecule has 0 atom stereocenters. The molecule has 0 aliphatic carbocycles.